The third-order valence-electron chi connectivity index (χ3n) is 3.80. The summed E-state index contributed by atoms with van der Waals surface area (Å²) >= 11 is 0. The van der Waals surface area contributed by atoms with Gasteiger partial charge < -0.3 is 15.3 Å². The molecule has 1 atom stereocenters. The van der Waals surface area contributed by atoms with E-state index in [0.717, 1.165) is 17.7 Å². The summed E-state index contributed by atoms with van der Waals surface area (Å²) < 4.78 is 0. The van der Waals surface area contributed by atoms with Crippen molar-refractivity contribution in [1.29, 1.82) is 0 Å². The van der Waals surface area contributed by atoms with Gasteiger partial charge in [0, 0.05) is 24.8 Å². The number of nitrogens with one attached hydrogen (secondary N) is 1. The Bertz CT molecular complexity index is 628. The summed E-state index contributed by atoms with van der Waals surface area (Å²) in [5.74, 6) is 0. The SMILES string of the molecule is O=C(O)N1CC[C@H](Nc2cccc(-c3ccccc3)c2)C1. The minimum absolute atomic E-state index is 0.187. The average Bonchev–Trinajstić information content (AvgIpc) is 2.97. The molecule has 2 aromatic carbocycles. The third kappa shape index (κ3) is 3.16. The number of carboxylic acid groups (broad SMARTS) is 1. The van der Waals surface area contributed by atoms with Crippen molar-refractivity contribution in [2.45, 2.75) is 12.5 Å². The largest absolute Gasteiger partial charge is 0.465 e. The van der Waals surface area contributed by atoms with Crippen molar-refractivity contribution in [3.05, 3.63) is 54.6 Å². The van der Waals surface area contributed by atoms with Gasteiger partial charge in [0.25, 0.3) is 0 Å². The summed E-state index contributed by atoms with van der Waals surface area (Å²) in [5, 5.41) is 12.4. The van der Waals surface area contributed by atoms with Crippen molar-refractivity contribution in [3.63, 3.8) is 0 Å². The summed E-state index contributed by atoms with van der Waals surface area (Å²) in [6, 6.07) is 18.6. The van der Waals surface area contributed by atoms with E-state index in [0.29, 0.717) is 13.1 Å². The zero-order valence-corrected chi connectivity index (χ0v) is 11.7. The van der Waals surface area contributed by atoms with Gasteiger partial charge in [-0.1, -0.05) is 42.5 Å². The number of anilines is 1. The van der Waals surface area contributed by atoms with E-state index in [2.05, 4.69) is 29.6 Å². The minimum Gasteiger partial charge on any atom is -0.465 e. The highest BCUT2D eigenvalue weighted by molar-refractivity contribution is 5.68. The third-order valence-corrected chi connectivity index (χ3v) is 3.80. The van der Waals surface area contributed by atoms with Crippen LogP contribution >= 0.6 is 0 Å². The maximum atomic E-state index is 10.9. The van der Waals surface area contributed by atoms with Crippen LogP contribution in [0.3, 0.4) is 0 Å². The molecule has 21 heavy (non-hydrogen) atoms. The summed E-state index contributed by atoms with van der Waals surface area (Å²) in [6.45, 7) is 1.15. The predicted molar refractivity (Wildman–Crippen MR) is 83.5 cm³/mol. The number of carbonyl (C=O) groups is 1. The summed E-state index contributed by atoms with van der Waals surface area (Å²) in [5.41, 5.74) is 3.38. The molecule has 1 aliphatic rings. The molecule has 1 fully saturated rings. The first-order valence-electron chi connectivity index (χ1n) is 7.12. The Morgan fingerprint density at radius 1 is 1.10 bits per heavy atom. The van der Waals surface area contributed by atoms with Crippen LogP contribution in [0.4, 0.5) is 10.5 Å². The molecule has 0 bridgehead atoms. The highest BCUT2D eigenvalue weighted by Crippen LogP contribution is 2.24. The molecule has 0 aromatic heterocycles. The molecule has 2 aromatic rings. The maximum absolute atomic E-state index is 10.9. The van der Waals surface area contributed by atoms with Gasteiger partial charge in [0.1, 0.15) is 0 Å². The van der Waals surface area contributed by atoms with Gasteiger partial charge in [-0.3, -0.25) is 0 Å². The Kier molecular flexibility index (Phi) is 3.77. The van der Waals surface area contributed by atoms with Gasteiger partial charge in [-0.05, 0) is 29.7 Å². The molecule has 1 heterocycles. The maximum Gasteiger partial charge on any atom is 0.407 e. The molecular formula is C17H18N2O2. The lowest BCUT2D eigenvalue weighted by molar-refractivity contribution is 0.155. The van der Waals surface area contributed by atoms with Crippen LogP contribution in [0, 0.1) is 0 Å². The molecule has 0 saturated carbocycles. The molecule has 0 aliphatic carbocycles. The fourth-order valence-corrected chi connectivity index (χ4v) is 2.71. The summed E-state index contributed by atoms with van der Waals surface area (Å²) in [4.78, 5) is 12.4. The Balaban J connectivity index is 1.71. The van der Waals surface area contributed by atoms with E-state index in [9.17, 15) is 4.79 Å². The molecule has 108 valence electrons. The van der Waals surface area contributed by atoms with Gasteiger partial charge in [-0.25, -0.2) is 4.79 Å². The van der Waals surface area contributed by atoms with Gasteiger partial charge in [-0.15, -0.1) is 0 Å². The van der Waals surface area contributed by atoms with Gasteiger partial charge in [0.05, 0.1) is 0 Å². The van der Waals surface area contributed by atoms with E-state index >= 15 is 0 Å². The lowest BCUT2D eigenvalue weighted by Crippen LogP contribution is -2.30. The molecule has 3 rings (SSSR count). The van der Waals surface area contributed by atoms with E-state index in [4.69, 9.17) is 5.11 Å². The van der Waals surface area contributed by atoms with Crippen molar-refractivity contribution < 1.29 is 9.90 Å². The van der Waals surface area contributed by atoms with E-state index < -0.39 is 6.09 Å². The van der Waals surface area contributed by atoms with Crippen LogP contribution < -0.4 is 5.32 Å². The van der Waals surface area contributed by atoms with Gasteiger partial charge in [-0.2, -0.15) is 0 Å². The van der Waals surface area contributed by atoms with Crippen molar-refractivity contribution in [3.8, 4) is 11.1 Å². The minimum atomic E-state index is -0.836. The van der Waals surface area contributed by atoms with Crippen LogP contribution in [0.1, 0.15) is 6.42 Å². The number of likely N-dealkylation sites (tertiary alicyclic amines) is 1. The Hall–Kier alpha value is -2.49. The van der Waals surface area contributed by atoms with Crippen LogP contribution in [0.5, 0.6) is 0 Å². The second-order valence-electron chi connectivity index (χ2n) is 5.31. The molecule has 1 saturated heterocycles. The molecule has 1 aliphatic heterocycles. The van der Waals surface area contributed by atoms with Crippen LogP contribution in [0.15, 0.2) is 54.6 Å². The van der Waals surface area contributed by atoms with Crippen molar-refractivity contribution in [2.24, 2.45) is 0 Å². The van der Waals surface area contributed by atoms with Gasteiger partial charge >= 0.3 is 6.09 Å². The Labute approximate surface area is 124 Å². The zero-order valence-electron chi connectivity index (χ0n) is 11.7. The normalized spacial score (nSPS) is 17.7. The summed E-state index contributed by atoms with van der Waals surface area (Å²) in [6.07, 6.45) is 0.0133. The molecule has 0 spiro atoms. The second kappa shape index (κ2) is 5.87. The molecule has 0 unspecified atom stereocenters. The highest BCUT2D eigenvalue weighted by Gasteiger charge is 2.25. The molecule has 4 heteroatoms. The molecule has 1 amide bonds. The zero-order chi connectivity index (χ0) is 14.7. The lowest BCUT2D eigenvalue weighted by atomic mass is 10.1. The van der Waals surface area contributed by atoms with E-state index in [1.807, 2.05) is 30.3 Å². The number of nitrogens with zero attached hydrogens (tertiary/aromatic N) is 1. The smallest absolute Gasteiger partial charge is 0.407 e. The fourth-order valence-electron chi connectivity index (χ4n) is 2.71. The number of amides is 1. The van der Waals surface area contributed by atoms with Gasteiger partial charge in [0.2, 0.25) is 0 Å². The van der Waals surface area contributed by atoms with Crippen LogP contribution in [0.25, 0.3) is 11.1 Å². The molecular weight excluding hydrogens is 264 g/mol. The fraction of sp³-hybridized carbons (Fsp3) is 0.235. The molecule has 0 radical (unpaired) electrons. The van der Waals surface area contributed by atoms with E-state index in [-0.39, 0.29) is 6.04 Å². The predicted octanol–water partition coefficient (Wildman–Crippen LogP) is 3.52. The first-order valence-corrected chi connectivity index (χ1v) is 7.12. The highest BCUT2D eigenvalue weighted by atomic mass is 16.4. The number of rotatable bonds is 3. The number of hydrogen-bond donors (Lipinski definition) is 2. The topological polar surface area (TPSA) is 52.6 Å². The number of benzene rings is 2. The van der Waals surface area contributed by atoms with Crippen LogP contribution in [0.2, 0.25) is 0 Å². The van der Waals surface area contributed by atoms with Crippen molar-refractivity contribution in [2.75, 3.05) is 18.4 Å². The van der Waals surface area contributed by atoms with Crippen LogP contribution in [-0.2, 0) is 0 Å². The van der Waals surface area contributed by atoms with E-state index in [1.54, 1.807) is 0 Å². The van der Waals surface area contributed by atoms with Gasteiger partial charge in [0.15, 0.2) is 0 Å². The molecule has 4 nitrogen and oxygen atoms in total. The van der Waals surface area contributed by atoms with Crippen LogP contribution in [-0.4, -0.2) is 35.2 Å². The lowest BCUT2D eigenvalue weighted by Gasteiger charge is -2.15. The first kappa shape index (κ1) is 13.5. The Morgan fingerprint density at radius 2 is 1.86 bits per heavy atom. The Morgan fingerprint density at radius 3 is 2.57 bits per heavy atom. The quantitative estimate of drug-likeness (QED) is 0.905. The molecule has 2 N–H and O–H groups in total. The first-order chi connectivity index (χ1) is 10.2. The van der Waals surface area contributed by atoms with Crippen molar-refractivity contribution in [1.82, 2.24) is 4.90 Å². The average molecular weight is 282 g/mol. The summed E-state index contributed by atoms with van der Waals surface area (Å²) in [7, 11) is 0. The second-order valence-corrected chi connectivity index (χ2v) is 5.31. The standard InChI is InChI=1S/C17H18N2O2/c20-17(21)19-10-9-16(12-19)18-15-8-4-7-14(11-15)13-5-2-1-3-6-13/h1-8,11,16,18H,9-10,12H2,(H,20,21)/t16-/m0/s1. The van der Waals surface area contributed by atoms with E-state index in [1.165, 1.54) is 10.5 Å². The number of hydrogen-bond acceptors (Lipinski definition) is 2. The van der Waals surface area contributed by atoms with Crippen molar-refractivity contribution >= 4 is 11.8 Å². The monoisotopic (exact) mass is 282 g/mol.